The van der Waals surface area contributed by atoms with Gasteiger partial charge in [0.25, 0.3) is 5.91 Å². The number of rotatable bonds is 6. The number of aryl methyl sites for hydroxylation is 1. The lowest BCUT2D eigenvalue weighted by Crippen LogP contribution is -2.30. The predicted octanol–water partition coefficient (Wildman–Crippen LogP) is 2.93. The molecule has 3 rings (SSSR count). The molecule has 0 radical (unpaired) electrons. The van der Waals surface area contributed by atoms with Crippen molar-refractivity contribution in [2.24, 2.45) is 0 Å². The summed E-state index contributed by atoms with van der Waals surface area (Å²) in [6.07, 6.45) is 2.06. The van der Waals surface area contributed by atoms with E-state index in [1.807, 2.05) is 66.1 Å². The van der Waals surface area contributed by atoms with Crippen molar-refractivity contribution in [3.8, 4) is 0 Å². The quantitative estimate of drug-likeness (QED) is 0.727. The molecule has 0 aliphatic carbocycles. The molecule has 2 heterocycles. The van der Waals surface area contributed by atoms with Gasteiger partial charge in [-0.1, -0.05) is 36.4 Å². The second-order valence-corrected chi connectivity index (χ2v) is 6.37. The molecule has 0 saturated heterocycles. The first-order valence-electron chi connectivity index (χ1n) is 8.51. The fourth-order valence-corrected chi connectivity index (χ4v) is 3.13. The van der Waals surface area contributed by atoms with Crippen molar-refractivity contribution in [3.05, 3.63) is 71.8 Å². The largest absolute Gasteiger partial charge is 0.393 e. The third-order valence-corrected chi connectivity index (χ3v) is 4.35. The van der Waals surface area contributed by atoms with Crippen molar-refractivity contribution in [2.45, 2.75) is 32.3 Å². The maximum atomic E-state index is 12.6. The molecule has 0 fully saturated rings. The molecule has 1 amide bonds. The van der Waals surface area contributed by atoms with Crippen LogP contribution in [-0.4, -0.2) is 33.0 Å². The summed E-state index contributed by atoms with van der Waals surface area (Å²) in [7, 11) is 0. The van der Waals surface area contributed by atoms with Gasteiger partial charge in [-0.3, -0.25) is 4.79 Å². The molecular weight excluding hydrogens is 314 g/mol. The topological polar surface area (TPSA) is 66.6 Å². The van der Waals surface area contributed by atoms with Gasteiger partial charge >= 0.3 is 0 Å². The maximum absolute atomic E-state index is 12.6. The van der Waals surface area contributed by atoms with Crippen molar-refractivity contribution in [2.75, 3.05) is 6.54 Å². The van der Waals surface area contributed by atoms with Crippen molar-refractivity contribution in [1.29, 1.82) is 0 Å². The second-order valence-electron chi connectivity index (χ2n) is 6.37. The van der Waals surface area contributed by atoms with Crippen LogP contribution in [0.1, 0.15) is 41.1 Å². The number of pyridine rings is 1. The standard InChI is InChI=1S/C20H23N3O2/c1-14(24)12-17(16-8-4-3-5-9-16)13-21-20(25)19-18-10-6-7-11-23(18)15(2)22-19/h3-11,14,17,24H,12-13H2,1-2H3,(H,21,25)/t14-,17+/m1/s1. The van der Waals surface area contributed by atoms with Crippen LogP contribution in [-0.2, 0) is 0 Å². The van der Waals surface area contributed by atoms with Gasteiger partial charge in [0.2, 0.25) is 0 Å². The van der Waals surface area contributed by atoms with Gasteiger partial charge in [-0.05, 0) is 38.0 Å². The van der Waals surface area contributed by atoms with E-state index in [0.29, 0.717) is 18.7 Å². The van der Waals surface area contributed by atoms with Gasteiger partial charge in [-0.25, -0.2) is 4.98 Å². The summed E-state index contributed by atoms with van der Waals surface area (Å²) in [5, 5.41) is 12.8. The first-order valence-corrected chi connectivity index (χ1v) is 8.51. The number of aromatic nitrogens is 2. The highest BCUT2D eigenvalue weighted by Crippen LogP contribution is 2.21. The van der Waals surface area contributed by atoms with Gasteiger partial charge in [-0.2, -0.15) is 0 Å². The molecule has 0 aliphatic rings. The van der Waals surface area contributed by atoms with Crippen molar-refractivity contribution >= 4 is 11.4 Å². The molecule has 5 nitrogen and oxygen atoms in total. The SMILES string of the molecule is Cc1nc(C(=O)NC[C@H](C[C@@H](C)O)c2ccccc2)c2ccccn12. The van der Waals surface area contributed by atoms with E-state index in [4.69, 9.17) is 0 Å². The number of nitrogens with one attached hydrogen (secondary N) is 1. The molecule has 0 bridgehead atoms. The summed E-state index contributed by atoms with van der Waals surface area (Å²) in [5.41, 5.74) is 2.33. The normalized spacial score (nSPS) is 13.6. The van der Waals surface area contributed by atoms with E-state index >= 15 is 0 Å². The minimum absolute atomic E-state index is 0.0557. The average molecular weight is 337 g/mol. The molecule has 2 atom stereocenters. The van der Waals surface area contributed by atoms with Crippen molar-refractivity contribution in [3.63, 3.8) is 0 Å². The summed E-state index contributed by atoms with van der Waals surface area (Å²) in [4.78, 5) is 17.0. The van der Waals surface area contributed by atoms with Crippen LogP contribution in [0.3, 0.4) is 0 Å². The van der Waals surface area contributed by atoms with E-state index in [-0.39, 0.29) is 11.8 Å². The number of carbonyl (C=O) groups is 1. The minimum atomic E-state index is -0.433. The Kier molecular flexibility index (Phi) is 5.14. The Bertz CT molecular complexity index is 856. The third-order valence-electron chi connectivity index (χ3n) is 4.35. The highest BCUT2D eigenvalue weighted by molar-refractivity contribution is 5.99. The number of nitrogens with zero attached hydrogens (tertiary/aromatic N) is 2. The number of aliphatic hydroxyl groups excluding tert-OH is 1. The van der Waals surface area contributed by atoms with Crippen molar-refractivity contribution in [1.82, 2.24) is 14.7 Å². The fraction of sp³-hybridized carbons (Fsp3) is 0.300. The number of benzene rings is 1. The van der Waals surface area contributed by atoms with Crippen LogP contribution in [0, 0.1) is 6.92 Å². The van der Waals surface area contributed by atoms with Crippen molar-refractivity contribution < 1.29 is 9.90 Å². The predicted molar refractivity (Wildman–Crippen MR) is 97.7 cm³/mol. The summed E-state index contributed by atoms with van der Waals surface area (Å²) >= 11 is 0. The molecule has 5 heteroatoms. The summed E-state index contributed by atoms with van der Waals surface area (Å²) in [5.74, 6) is 0.646. The van der Waals surface area contributed by atoms with Gasteiger partial charge in [-0.15, -0.1) is 0 Å². The number of carbonyl (C=O) groups excluding carboxylic acids is 1. The molecule has 0 aliphatic heterocycles. The number of hydrogen-bond acceptors (Lipinski definition) is 3. The average Bonchev–Trinajstić information content (AvgIpc) is 2.96. The smallest absolute Gasteiger partial charge is 0.272 e. The Morgan fingerprint density at radius 1 is 1.20 bits per heavy atom. The van der Waals surface area contributed by atoms with Crippen LogP contribution in [0.5, 0.6) is 0 Å². The Balaban J connectivity index is 1.77. The van der Waals surface area contributed by atoms with E-state index in [9.17, 15) is 9.90 Å². The third kappa shape index (κ3) is 3.88. The molecule has 130 valence electrons. The fourth-order valence-electron chi connectivity index (χ4n) is 3.13. The lowest BCUT2D eigenvalue weighted by molar-refractivity contribution is 0.0942. The van der Waals surface area contributed by atoms with Gasteiger partial charge < -0.3 is 14.8 Å². The number of fused-ring (bicyclic) bond motifs is 1. The number of hydrogen-bond donors (Lipinski definition) is 2. The van der Waals surface area contributed by atoms with Gasteiger partial charge in [0.15, 0.2) is 5.69 Å². The molecule has 2 N–H and O–H groups in total. The Hall–Kier alpha value is -2.66. The van der Waals surface area contributed by atoms with E-state index in [0.717, 1.165) is 16.9 Å². The van der Waals surface area contributed by atoms with E-state index in [2.05, 4.69) is 10.3 Å². The lowest BCUT2D eigenvalue weighted by Gasteiger charge is -2.19. The molecular formula is C20H23N3O2. The molecule has 0 spiro atoms. The summed E-state index contributed by atoms with van der Waals surface area (Å²) < 4.78 is 1.90. The van der Waals surface area contributed by atoms with Crippen LogP contribution >= 0.6 is 0 Å². The first-order chi connectivity index (χ1) is 12.1. The van der Waals surface area contributed by atoms with Gasteiger partial charge in [0.1, 0.15) is 5.82 Å². The van der Waals surface area contributed by atoms with Gasteiger partial charge in [0, 0.05) is 18.7 Å². The zero-order chi connectivity index (χ0) is 17.8. The van der Waals surface area contributed by atoms with Crippen LogP contribution in [0.25, 0.3) is 5.52 Å². The highest BCUT2D eigenvalue weighted by Gasteiger charge is 2.19. The van der Waals surface area contributed by atoms with E-state index in [1.54, 1.807) is 6.92 Å². The zero-order valence-corrected chi connectivity index (χ0v) is 14.5. The molecule has 3 aromatic rings. The van der Waals surface area contributed by atoms with Crippen LogP contribution < -0.4 is 5.32 Å². The Labute approximate surface area is 147 Å². The molecule has 0 saturated carbocycles. The van der Waals surface area contributed by atoms with Gasteiger partial charge in [0.05, 0.1) is 11.6 Å². The van der Waals surface area contributed by atoms with Crippen LogP contribution in [0.2, 0.25) is 0 Å². The van der Waals surface area contributed by atoms with Crippen LogP contribution in [0.15, 0.2) is 54.7 Å². The highest BCUT2D eigenvalue weighted by atomic mass is 16.3. The Morgan fingerprint density at radius 3 is 2.64 bits per heavy atom. The first kappa shape index (κ1) is 17.2. The number of aliphatic hydroxyl groups is 1. The number of amides is 1. The Morgan fingerprint density at radius 2 is 1.92 bits per heavy atom. The van der Waals surface area contributed by atoms with Crippen LogP contribution in [0.4, 0.5) is 0 Å². The van der Waals surface area contributed by atoms with E-state index in [1.165, 1.54) is 0 Å². The monoisotopic (exact) mass is 337 g/mol. The zero-order valence-electron chi connectivity index (χ0n) is 14.5. The molecule has 0 unspecified atom stereocenters. The molecule has 2 aromatic heterocycles. The summed E-state index contributed by atoms with van der Waals surface area (Å²) in [6, 6.07) is 15.6. The lowest BCUT2D eigenvalue weighted by atomic mass is 9.93. The maximum Gasteiger partial charge on any atom is 0.272 e. The number of imidazole rings is 1. The second kappa shape index (κ2) is 7.49. The molecule has 1 aromatic carbocycles. The summed E-state index contributed by atoms with van der Waals surface area (Å²) in [6.45, 7) is 4.10. The molecule has 25 heavy (non-hydrogen) atoms. The van der Waals surface area contributed by atoms with E-state index < -0.39 is 6.10 Å². The minimum Gasteiger partial charge on any atom is -0.393 e.